The summed E-state index contributed by atoms with van der Waals surface area (Å²) in [6.45, 7) is 0.572. The molecule has 1 N–H and O–H groups in total. The Hall–Kier alpha value is -1.36. The highest BCUT2D eigenvalue weighted by molar-refractivity contribution is 7.87. The van der Waals surface area contributed by atoms with Crippen LogP contribution in [0.15, 0.2) is 18.2 Å². The summed E-state index contributed by atoms with van der Waals surface area (Å²) in [5.41, 5.74) is -1.45. The first-order valence-corrected chi connectivity index (χ1v) is 8.50. The zero-order chi connectivity index (χ0) is 18.7. The summed E-state index contributed by atoms with van der Waals surface area (Å²) in [4.78, 5) is 12.6. The van der Waals surface area contributed by atoms with Crippen LogP contribution in [0.25, 0.3) is 0 Å². The van der Waals surface area contributed by atoms with Crippen molar-refractivity contribution in [1.29, 1.82) is 0 Å². The molecule has 0 heterocycles. The summed E-state index contributed by atoms with van der Waals surface area (Å²) < 4.78 is 65.8. The fourth-order valence-corrected chi connectivity index (χ4v) is 2.61. The summed E-state index contributed by atoms with van der Waals surface area (Å²) >= 11 is 5.61. The zero-order valence-electron chi connectivity index (χ0n) is 13.2. The van der Waals surface area contributed by atoms with Crippen molar-refractivity contribution in [2.75, 3.05) is 32.1 Å². The van der Waals surface area contributed by atoms with Crippen molar-refractivity contribution in [1.82, 2.24) is 9.03 Å². The van der Waals surface area contributed by atoms with Crippen LogP contribution in [0.3, 0.4) is 0 Å². The van der Waals surface area contributed by atoms with Crippen LogP contribution in [-0.2, 0) is 21.2 Å². The number of rotatable bonds is 6. The number of carbonyl (C=O) groups excluding carboxylic acids is 1. The van der Waals surface area contributed by atoms with Gasteiger partial charge in [0.15, 0.2) is 0 Å². The molecule has 0 radical (unpaired) electrons. The van der Waals surface area contributed by atoms with Crippen molar-refractivity contribution in [2.45, 2.75) is 13.1 Å². The van der Waals surface area contributed by atoms with Crippen LogP contribution < -0.4 is 9.62 Å². The lowest BCUT2D eigenvalue weighted by Crippen LogP contribution is -2.42. The topological polar surface area (TPSA) is 69.7 Å². The van der Waals surface area contributed by atoms with Crippen LogP contribution in [0, 0.1) is 0 Å². The Labute approximate surface area is 143 Å². The van der Waals surface area contributed by atoms with Gasteiger partial charge in [-0.2, -0.15) is 25.9 Å². The normalized spacial score (nSPS) is 12.5. The number of halogens is 4. The fraction of sp³-hybridized carbons (Fsp3) is 0.462. The van der Waals surface area contributed by atoms with Gasteiger partial charge >= 0.3 is 6.18 Å². The van der Waals surface area contributed by atoms with Crippen molar-refractivity contribution in [3.05, 3.63) is 28.8 Å². The predicted octanol–water partition coefficient (Wildman–Crippen LogP) is 2.11. The Morgan fingerprint density at radius 1 is 1.29 bits per heavy atom. The molecule has 1 rings (SSSR count). The molecule has 0 aliphatic rings. The molecule has 0 saturated heterocycles. The summed E-state index contributed by atoms with van der Waals surface area (Å²) in [5, 5.41) is -0.122. The molecule has 24 heavy (non-hydrogen) atoms. The summed E-state index contributed by atoms with van der Waals surface area (Å²) in [7, 11) is -1.15. The van der Waals surface area contributed by atoms with E-state index in [1.165, 1.54) is 20.2 Å². The number of nitrogens with zero attached hydrogens (tertiary/aromatic N) is 2. The van der Waals surface area contributed by atoms with Gasteiger partial charge in [0.05, 0.1) is 11.3 Å². The molecule has 0 aliphatic carbocycles. The van der Waals surface area contributed by atoms with Gasteiger partial charge in [-0.3, -0.25) is 4.79 Å². The molecule has 0 saturated carbocycles. The van der Waals surface area contributed by atoms with Crippen molar-refractivity contribution in [2.24, 2.45) is 0 Å². The lowest BCUT2D eigenvalue weighted by molar-refractivity contribution is -0.137. The Kier molecular flexibility index (Phi) is 6.62. The Balaban J connectivity index is 3.09. The second-order valence-corrected chi connectivity index (χ2v) is 7.42. The lowest BCUT2D eigenvalue weighted by atomic mass is 10.1. The maximum atomic E-state index is 13.2. The molecule has 1 aromatic carbocycles. The van der Waals surface area contributed by atoms with Gasteiger partial charge in [0.2, 0.25) is 5.91 Å². The van der Waals surface area contributed by atoms with E-state index in [2.05, 4.69) is 4.72 Å². The van der Waals surface area contributed by atoms with E-state index >= 15 is 0 Å². The summed E-state index contributed by atoms with van der Waals surface area (Å²) in [5.74, 6) is -0.660. The van der Waals surface area contributed by atoms with Gasteiger partial charge in [-0.25, -0.2) is 4.72 Å². The van der Waals surface area contributed by atoms with Crippen molar-refractivity contribution in [3.63, 3.8) is 0 Å². The molecule has 0 bridgehead atoms. The van der Waals surface area contributed by atoms with Crippen LogP contribution in [0.5, 0.6) is 0 Å². The minimum Gasteiger partial charge on any atom is -0.311 e. The number of amides is 1. The molecular formula is C13H17ClF3N3O3S. The molecule has 11 heteroatoms. The number of alkyl halides is 3. The second-order valence-electron chi connectivity index (χ2n) is 5.01. The van der Waals surface area contributed by atoms with Gasteiger partial charge in [0.25, 0.3) is 10.2 Å². The number of carbonyl (C=O) groups is 1. The third-order valence-electron chi connectivity index (χ3n) is 3.04. The van der Waals surface area contributed by atoms with E-state index in [0.717, 1.165) is 28.3 Å². The zero-order valence-corrected chi connectivity index (χ0v) is 14.8. The van der Waals surface area contributed by atoms with Crippen molar-refractivity contribution >= 4 is 33.4 Å². The molecule has 1 amide bonds. The molecule has 6 nitrogen and oxygen atoms in total. The first kappa shape index (κ1) is 20.7. The second kappa shape index (κ2) is 7.68. The van der Waals surface area contributed by atoms with E-state index in [1.807, 2.05) is 0 Å². The molecule has 0 fully saturated rings. The van der Waals surface area contributed by atoms with E-state index < -0.39 is 27.9 Å². The molecule has 1 aromatic rings. The highest BCUT2D eigenvalue weighted by Crippen LogP contribution is 2.38. The van der Waals surface area contributed by atoms with Crippen LogP contribution in [0.4, 0.5) is 18.9 Å². The first-order chi connectivity index (χ1) is 10.9. The van der Waals surface area contributed by atoms with E-state index in [1.54, 1.807) is 0 Å². The molecule has 0 spiro atoms. The van der Waals surface area contributed by atoms with Crippen LogP contribution >= 0.6 is 11.6 Å². The summed E-state index contributed by atoms with van der Waals surface area (Å²) in [6.07, 6.45) is -4.71. The Morgan fingerprint density at radius 2 is 1.88 bits per heavy atom. The number of hydrogen-bond acceptors (Lipinski definition) is 3. The molecule has 136 valence electrons. The average Bonchev–Trinajstić information content (AvgIpc) is 2.42. The Morgan fingerprint density at radius 3 is 2.33 bits per heavy atom. The Bertz CT molecular complexity index is 708. The lowest BCUT2D eigenvalue weighted by Gasteiger charge is -2.25. The van der Waals surface area contributed by atoms with Crippen molar-refractivity contribution < 1.29 is 26.4 Å². The van der Waals surface area contributed by atoms with E-state index in [9.17, 15) is 26.4 Å². The van der Waals surface area contributed by atoms with Gasteiger partial charge in [0.1, 0.15) is 0 Å². The molecule has 0 atom stereocenters. The number of hydrogen-bond donors (Lipinski definition) is 1. The van der Waals surface area contributed by atoms with Crippen LogP contribution in [0.2, 0.25) is 5.02 Å². The highest BCUT2D eigenvalue weighted by atomic mass is 35.5. The third-order valence-corrected chi connectivity index (χ3v) is 4.80. The third kappa shape index (κ3) is 5.33. The maximum Gasteiger partial charge on any atom is 0.418 e. The first-order valence-electron chi connectivity index (χ1n) is 6.68. The maximum absolute atomic E-state index is 13.2. The highest BCUT2D eigenvalue weighted by Gasteiger charge is 2.36. The largest absolute Gasteiger partial charge is 0.418 e. The molecule has 0 aromatic heterocycles. The number of nitrogens with one attached hydrogen (secondary N) is 1. The van der Waals surface area contributed by atoms with E-state index in [0.29, 0.717) is 0 Å². The van der Waals surface area contributed by atoms with Crippen molar-refractivity contribution in [3.8, 4) is 0 Å². The van der Waals surface area contributed by atoms with Gasteiger partial charge in [-0.05, 0) is 18.2 Å². The number of benzene rings is 1. The monoisotopic (exact) mass is 387 g/mol. The average molecular weight is 388 g/mol. The van der Waals surface area contributed by atoms with E-state index in [-0.39, 0.29) is 23.8 Å². The van der Waals surface area contributed by atoms with Gasteiger partial charge in [-0.1, -0.05) is 11.6 Å². The molecular weight excluding hydrogens is 371 g/mol. The SMILES string of the molecule is CC(=O)N(CCNS(=O)(=O)N(C)C)c1ccc(Cl)cc1C(F)(F)F. The van der Waals surface area contributed by atoms with Crippen LogP contribution in [-0.4, -0.2) is 45.8 Å². The number of anilines is 1. The standard InChI is InChI=1S/C13H17ClF3N3O3S/c1-9(21)20(7-6-18-24(22,23)19(2)3)12-5-4-10(14)8-11(12)13(15,16)17/h4-5,8,18H,6-7H2,1-3H3. The van der Waals surface area contributed by atoms with E-state index in [4.69, 9.17) is 11.6 Å². The minimum absolute atomic E-state index is 0.122. The van der Waals surface area contributed by atoms with Gasteiger partial charge in [0, 0.05) is 39.1 Å². The van der Waals surface area contributed by atoms with Crippen LogP contribution in [0.1, 0.15) is 12.5 Å². The quantitative estimate of drug-likeness (QED) is 0.812. The fourth-order valence-electron chi connectivity index (χ4n) is 1.83. The predicted molar refractivity (Wildman–Crippen MR) is 85.1 cm³/mol. The van der Waals surface area contributed by atoms with Gasteiger partial charge < -0.3 is 4.90 Å². The molecule has 0 unspecified atom stereocenters. The minimum atomic E-state index is -4.71. The van der Waals surface area contributed by atoms with Gasteiger partial charge in [-0.15, -0.1) is 0 Å². The summed E-state index contributed by atoms with van der Waals surface area (Å²) in [6, 6.07) is 3.02. The smallest absolute Gasteiger partial charge is 0.311 e. The molecule has 0 aliphatic heterocycles.